The zero-order valence-corrected chi connectivity index (χ0v) is 15.4. The van der Waals surface area contributed by atoms with Gasteiger partial charge in [0.2, 0.25) is 0 Å². The summed E-state index contributed by atoms with van der Waals surface area (Å²) in [7, 11) is 0. The summed E-state index contributed by atoms with van der Waals surface area (Å²) < 4.78 is 35.6. The van der Waals surface area contributed by atoms with Crippen molar-refractivity contribution in [3.63, 3.8) is 0 Å². The van der Waals surface area contributed by atoms with Gasteiger partial charge in [-0.25, -0.2) is 9.59 Å². The van der Waals surface area contributed by atoms with E-state index in [1.54, 1.807) is 38.8 Å². The minimum absolute atomic E-state index is 0.00168. The van der Waals surface area contributed by atoms with Crippen molar-refractivity contribution in [2.45, 2.75) is 39.0 Å². The molecule has 1 heterocycles. The highest BCUT2D eigenvalue weighted by atomic mass is 79.9. The molecule has 9 heteroatoms. The lowest BCUT2D eigenvalue weighted by Crippen LogP contribution is -2.35. The van der Waals surface area contributed by atoms with E-state index >= 15 is 0 Å². The fourth-order valence-electron chi connectivity index (χ4n) is 2.35. The molecule has 1 aliphatic heterocycles. The summed E-state index contributed by atoms with van der Waals surface area (Å²) >= 11 is 3.29. The maximum absolute atomic E-state index is 12.6. The van der Waals surface area contributed by atoms with E-state index in [-0.39, 0.29) is 18.1 Å². The Labute approximate surface area is 151 Å². The Hall–Kier alpha value is -2.12. The average molecular weight is 419 g/mol. The molecule has 0 aliphatic carbocycles. The maximum atomic E-state index is 12.6. The van der Waals surface area contributed by atoms with Gasteiger partial charge < -0.3 is 14.8 Å². The molecule has 1 amide bonds. The van der Waals surface area contributed by atoms with Gasteiger partial charge in [0.05, 0.1) is 12.6 Å². The smallest absolute Gasteiger partial charge is 0.416 e. The molecule has 1 N–H and O–H groups in total. The molecule has 1 aromatic rings. The van der Waals surface area contributed by atoms with Gasteiger partial charge in [-0.15, -0.1) is 0 Å². The second kappa shape index (κ2) is 7.41. The highest BCUT2D eigenvalue weighted by Gasteiger charge is 2.37. The van der Waals surface area contributed by atoms with Crippen LogP contribution in [-0.4, -0.2) is 35.7 Å². The van der Waals surface area contributed by atoms with Crippen LogP contribution in [0.3, 0.4) is 0 Å². The minimum atomic E-state index is -3.00. The molecule has 1 saturated heterocycles. The number of carbonyl (C=O) groups is 1. The number of rotatable bonds is 3. The molecule has 2 rings (SSSR count). The summed E-state index contributed by atoms with van der Waals surface area (Å²) in [6.07, 6.45) is -0.732. The second-order valence-corrected chi connectivity index (χ2v) is 7.12. The van der Waals surface area contributed by atoms with E-state index in [9.17, 15) is 18.4 Å². The highest BCUT2D eigenvalue weighted by molar-refractivity contribution is 9.10. The molecule has 136 valence electrons. The number of amides is 1. The van der Waals surface area contributed by atoms with E-state index in [1.165, 1.54) is 6.07 Å². The molecule has 1 aliphatic rings. The third kappa shape index (κ3) is 4.70. The van der Waals surface area contributed by atoms with Gasteiger partial charge in [0.15, 0.2) is 11.8 Å². The summed E-state index contributed by atoms with van der Waals surface area (Å²) in [5.41, 5.74) is -0.387. The molecule has 1 fully saturated rings. The number of ether oxygens (including phenoxy) is 2. The largest absolute Gasteiger partial charge is 0.443 e. The number of hydrogen-bond donors (Lipinski definition) is 1. The van der Waals surface area contributed by atoms with Crippen LogP contribution in [0.1, 0.15) is 32.4 Å². The first-order chi connectivity index (χ1) is 11.6. The van der Waals surface area contributed by atoms with Gasteiger partial charge >= 0.3 is 12.7 Å². The van der Waals surface area contributed by atoms with Crippen LogP contribution in [0.15, 0.2) is 28.5 Å². The number of hydrogen-bond acceptors (Lipinski definition) is 5. The Morgan fingerprint density at radius 3 is 2.68 bits per heavy atom. The van der Waals surface area contributed by atoms with E-state index in [4.69, 9.17) is 4.74 Å². The molecular formula is C16H17BrF2N2O4. The molecule has 25 heavy (non-hydrogen) atoms. The molecule has 0 aromatic heterocycles. The molecule has 1 unspecified atom stereocenters. The van der Waals surface area contributed by atoms with Gasteiger partial charge in [-0.2, -0.15) is 8.78 Å². The number of halogens is 3. The number of benzene rings is 1. The standard InChI is InChI=1S/C16H17BrF2N2O4/c1-16(2,3)25-15(23)21-7-10(20-12(21)8-22)13-9(17)5-4-6-11(13)24-14(18)19/h4-6,10,14,20H,7H2,1-3H3. The third-order valence-electron chi connectivity index (χ3n) is 3.23. The SMILES string of the molecule is CC(C)(C)OC(=O)N1CC(c2c(Br)cccc2OC(F)F)NC1=C=O. The predicted molar refractivity (Wildman–Crippen MR) is 88.8 cm³/mol. The number of nitrogens with one attached hydrogen (secondary N) is 1. The summed E-state index contributed by atoms with van der Waals surface area (Å²) in [6.45, 7) is 2.08. The van der Waals surface area contributed by atoms with Crippen molar-refractivity contribution < 1.29 is 27.8 Å². The minimum Gasteiger partial charge on any atom is -0.443 e. The fraction of sp³-hybridized carbons (Fsp3) is 0.438. The van der Waals surface area contributed by atoms with Crippen LogP contribution in [0.4, 0.5) is 13.6 Å². The normalized spacial score (nSPS) is 17.3. The topological polar surface area (TPSA) is 67.9 Å². The van der Waals surface area contributed by atoms with E-state index in [0.29, 0.717) is 10.0 Å². The molecule has 0 bridgehead atoms. The van der Waals surface area contributed by atoms with Gasteiger partial charge in [0.25, 0.3) is 0 Å². The third-order valence-corrected chi connectivity index (χ3v) is 3.93. The molecule has 1 atom stereocenters. The van der Waals surface area contributed by atoms with Crippen LogP contribution in [0.25, 0.3) is 0 Å². The van der Waals surface area contributed by atoms with Crippen LogP contribution < -0.4 is 10.1 Å². The van der Waals surface area contributed by atoms with Crippen molar-refractivity contribution in [3.8, 4) is 5.75 Å². The number of nitrogens with zero attached hydrogens (tertiary/aromatic N) is 1. The Bertz CT molecular complexity index is 715. The first kappa shape index (κ1) is 19.2. The van der Waals surface area contributed by atoms with Crippen molar-refractivity contribution in [2.75, 3.05) is 6.54 Å². The van der Waals surface area contributed by atoms with Gasteiger partial charge in [-0.3, -0.25) is 4.90 Å². The van der Waals surface area contributed by atoms with Crippen molar-refractivity contribution in [1.82, 2.24) is 10.2 Å². The van der Waals surface area contributed by atoms with E-state index in [1.807, 2.05) is 0 Å². The molecule has 0 saturated carbocycles. The zero-order chi connectivity index (χ0) is 18.8. The molecule has 0 spiro atoms. The summed E-state index contributed by atoms with van der Waals surface area (Å²) in [4.78, 5) is 24.5. The maximum Gasteiger partial charge on any atom is 0.416 e. The molecular weight excluding hydrogens is 402 g/mol. The predicted octanol–water partition coefficient (Wildman–Crippen LogP) is 3.60. The molecule has 1 aromatic carbocycles. The van der Waals surface area contributed by atoms with Crippen LogP contribution in [0, 0.1) is 0 Å². The first-order valence-corrected chi connectivity index (χ1v) is 8.17. The van der Waals surface area contributed by atoms with Crippen LogP contribution in [0.2, 0.25) is 0 Å². The Balaban J connectivity index is 2.31. The van der Waals surface area contributed by atoms with Gasteiger partial charge in [0, 0.05) is 10.0 Å². The van der Waals surface area contributed by atoms with Crippen LogP contribution in [-0.2, 0) is 9.53 Å². The zero-order valence-electron chi connectivity index (χ0n) is 13.8. The second-order valence-electron chi connectivity index (χ2n) is 6.27. The summed E-state index contributed by atoms with van der Waals surface area (Å²) in [6, 6.07) is 3.93. The van der Waals surface area contributed by atoms with Gasteiger partial charge in [-0.05, 0) is 32.9 Å². The highest BCUT2D eigenvalue weighted by Crippen LogP contribution is 2.37. The Morgan fingerprint density at radius 2 is 2.12 bits per heavy atom. The van der Waals surface area contributed by atoms with Crippen LogP contribution in [0.5, 0.6) is 5.75 Å². The monoisotopic (exact) mass is 418 g/mol. The van der Waals surface area contributed by atoms with E-state index < -0.39 is 24.3 Å². The number of alkyl halides is 2. The van der Waals surface area contributed by atoms with Crippen molar-refractivity contribution >= 4 is 28.0 Å². The van der Waals surface area contributed by atoms with Gasteiger partial charge in [0.1, 0.15) is 11.4 Å². The fourth-order valence-corrected chi connectivity index (χ4v) is 2.97. The quantitative estimate of drug-likeness (QED) is 0.759. The first-order valence-electron chi connectivity index (χ1n) is 7.37. The Morgan fingerprint density at radius 1 is 1.44 bits per heavy atom. The number of carbonyl (C=O) groups excluding carboxylic acids is 2. The van der Waals surface area contributed by atoms with Crippen LogP contribution >= 0.6 is 15.9 Å². The lowest BCUT2D eigenvalue weighted by Gasteiger charge is -2.23. The van der Waals surface area contributed by atoms with E-state index in [0.717, 1.165) is 4.90 Å². The lowest BCUT2D eigenvalue weighted by atomic mass is 10.1. The van der Waals surface area contributed by atoms with E-state index in [2.05, 4.69) is 26.0 Å². The molecule has 0 radical (unpaired) electrons. The van der Waals surface area contributed by atoms with Gasteiger partial charge in [-0.1, -0.05) is 22.0 Å². The molecule has 6 nitrogen and oxygen atoms in total. The summed E-state index contributed by atoms with van der Waals surface area (Å²) in [5, 5.41) is 2.79. The van der Waals surface area contributed by atoms with Crippen molar-refractivity contribution in [2.24, 2.45) is 0 Å². The van der Waals surface area contributed by atoms with Crippen molar-refractivity contribution in [3.05, 3.63) is 34.1 Å². The summed E-state index contributed by atoms with van der Waals surface area (Å²) in [5.74, 6) is 1.45. The van der Waals surface area contributed by atoms with Crippen molar-refractivity contribution in [1.29, 1.82) is 0 Å². The Kier molecular flexibility index (Phi) is 5.69. The lowest BCUT2D eigenvalue weighted by molar-refractivity contribution is -0.0507. The average Bonchev–Trinajstić information content (AvgIpc) is 2.89.